The van der Waals surface area contributed by atoms with Gasteiger partial charge in [0.1, 0.15) is 5.60 Å². The zero-order chi connectivity index (χ0) is 22.4. The molecule has 2 fully saturated rings. The van der Waals surface area contributed by atoms with Gasteiger partial charge in [-0.05, 0) is 33.1 Å². The van der Waals surface area contributed by atoms with E-state index < -0.39 is 5.60 Å². The first-order valence-electron chi connectivity index (χ1n) is 11.4. The van der Waals surface area contributed by atoms with Gasteiger partial charge in [-0.2, -0.15) is 0 Å². The minimum absolute atomic E-state index is 0. The number of nitrogens with one attached hydrogen (secondary N) is 1. The Morgan fingerprint density at radius 2 is 1.91 bits per heavy atom. The maximum Gasteiger partial charge on any atom is 0.410 e. The summed E-state index contributed by atoms with van der Waals surface area (Å²) < 4.78 is 7.70. The molecule has 10 heteroatoms. The van der Waals surface area contributed by atoms with E-state index >= 15 is 0 Å². The molecule has 9 nitrogen and oxygen atoms in total. The smallest absolute Gasteiger partial charge is 0.410 e. The number of likely N-dealkylation sites (tertiary alicyclic amines) is 1. The summed E-state index contributed by atoms with van der Waals surface area (Å²) in [6, 6.07) is 0.413. The van der Waals surface area contributed by atoms with Crippen LogP contribution in [0, 0.1) is 5.92 Å². The zero-order valence-electron chi connectivity index (χ0n) is 20.2. The van der Waals surface area contributed by atoms with E-state index in [1.807, 2.05) is 40.3 Å². The van der Waals surface area contributed by atoms with Crippen molar-refractivity contribution in [1.82, 2.24) is 29.6 Å². The number of rotatable bonds is 4. The van der Waals surface area contributed by atoms with E-state index in [0.29, 0.717) is 25.0 Å². The Balaban J connectivity index is 0.00000363. The molecule has 2 aliphatic rings. The molecule has 1 amide bonds. The third-order valence-corrected chi connectivity index (χ3v) is 6.07. The van der Waals surface area contributed by atoms with Gasteiger partial charge in [0.05, 0.1) is 12.4 Å². The minimum atomic E-state index is -0.447. The average Bonchev–Trinajstić information content (AvgIpc) is 3.26. The van der Waals surface area contributed by atoms with Gasteiger partial charge in [-0.1, -0.05) is 6.92 Å². The topological polar surface area (TPSA) is 78.2 Å². The summed E-state index contributed by atoms with van der Waals surface area (Å²) in [7, 11) is 1.85. The van der Waals surface area contributed by atoms with Crippen LogP contribution in [0.15, 0.2) is 23.7 Å². The molecule has 1 N–H and O–H groups in total. The largest absolute Gasteiger partial charge is 0.444 e. The first kappa shape index (κ1) is 26.7. The summed E-state index contributed by atoms with van der Waals surface area (Å²) in [5.74, 6) is 1.58. The van der Waals surface area contributed by atoms with Crippen LogP contribution in [0.5, 0.6) is 0 Å². The van der Waals surface area contributed by atoms with Gasteiger partial charge in [0.15, 0.2) is 5.96 Å². The number of piperazine rings is 1. The van der Waals surface area contributed by atoms with Crippen LogP contribution in [0.3, 0.4) is 0 Å². The second-order valence-corrected chi connectivity index (χ2v) is 9.57. The van der Waals surface area contributed by atoms with Crippen LogP contribution in [0.4, 0.5) is 4.79 Å². The Labute approximate surface area is 209 Å². The molecule has 1 aromatic heterocycles. The predicted octanol–water partition coefficient (Wildman–Crippen LogP) is 2.51. The first-order chi connectivity index (χ1) is 14.8. The van der Waals surface area contributed by atoms with Crippen molar-refractivity contribution >= 4 is 36.0 Å². The Bertz CT molecular complexity index is 727. The summed E-state index contributed by atoms with van der Waals surface area (Å²) in [4.78, 5) is 27.5. The number of ether oxygens (including phenoxy) is 1. The normalized spacial score (nSPS) is 23.0. The first-order valence-corrected chi connectivity index (χ1v) is 11.4. The molecule has 3 rings (SSSR count). The molecule has 0 bridgehead atoms. The highest BCUT2D eigenvalue weighted by Gasteiger charge is 2.29. The minimum Gasteiger partial charge on any atom is -0.444 e. The second kappa shape index (κ2) is 12.1. The molecule has 182 valence electrons. The number of piperidine rings is 1. The standard InChI is InChI=1S/C22H39N7O2.HI/c1-18-6-9-28(16-19(18)29-11-7-24-17-29)20(23-5)25-8-10-26-12-14-27(15-13-26)21(30)31-22(2,3)4;/h7,11,17-19H,6,8-10,12-16H2,1-5H3,(H,23,25);1H. The Hall–Kier alpha value is -1.56. The van der Waals surface area contributed by atoms with E-state index in [1.54, 1.807) is 4.90 Å². The lowest BCUT2D eigenvalue weighted by Crippen LogP contribution is -2.53. The summed E-state index contributed by atoms with van der Waals surface area (Å²) >= 11 is 0. The fraction of sp³-hybridized carbons (Fsp3) is 0.773. The molecular formula is C22H40IN7O2. The molecule has 0 spiro atoms. The van der Waals surface area contributed by atoms with Crippen LogP contribution in [0.2, 0.25) is 0 Å². The highest BCUT2D eigenvalue weighted by atomic mass is 127. The van der Waals surface area contributed by atoms with Crippen molar-refractivity contribution in [3.63, 3.8) is 0 Å². The molecular weight excluding hydrogens is 521 g/mol. The monoisotopic (exact) mass is 561 g/mol. The van der Waals surface area contributed by atoms with Crippen molar-refractivity contribution in [2.75, 3.05) is 59.4 Å². The average molecular weight is 562 g/mol. The Kier molecular flexibility index (Phi) is 10.1. The number of amides is 1. The van der Waals surface area contributed by atoms with E-state index in [9.17, 15) is 4.79 Å². The van der Waals surface area contributed by atoms with Gasteiger partial charge < -0.3 is 24.4 Å². The Morgan fingerprint density at radius 3 is 2.50 bits per heavy atom. The Morgan fingerprint density at radius 1 is 1.19 bits per heavy atom. The number of carbonyl (C=O) groups excluding carboxylic acids is 1. The van der Waals surface area contributed by atoms with Crippen molar-refractivity contribution < 1.29 is 9.53 Å². The molecule has 1 aromatic rings. The van der Waals surface area contributed by atoms with E-state index in [1.165, 1.54) is 0 Å². The number of aromatic nitrogens is 2. The van der Waals surface area contributed by atoms with Crippen LogP contribution in [-0.2, 0) is 4.74 Å². The molecule has 0 aliphatic carbocycles. The van der Waals surface area contributed by atoms with E-state index in [-0.39, 0.29) is 30.1 Å². The second-order valence-electron chi connectivity index (χ2n) is 9.57. The maximum atomic E-state index is 12.2. The maximum absolute atomic E-state index is 12.2. The number of halogens is 1. The predicted molar refractivity (Wildman–Crippen MR) is 138 cm³/mol. The SMILES string of the molecule is CN=C(NCCN1CCN(C(=O)OC(C)(C)C)CC1)N1CCC(C)C(n2ccnc2)C1.I. The van der Waals surface area contributed by atoms with Gasteiger partial charge in [-0.25, -0.2) is 9.78 Å². The lowest BCUT2D eigenvalue weighted by Gasteiger charge is -2.39. The number of nitrogens with zero attached hydrogens (tertiary/aromatic N) is 6. The van der Waals surface area contributed by atoms with Gasteiger partial charge in [0.2, 0.25) is 0 Å². The summed E-state index contributed by atoms with van der Waals surface area (Å²) in [5.41, 5.74) is -0.447. The fourth-order valence-corrected chi connectivity index (χ4v) is 4.23. The lowest BCUT2D eigenvalue weighted by atomic mass is 9.93. The number of guanidine groups is 1. The fourth-order valence-electron chi connectivity index (χ4n) is 4.23. The van der Waals surface area contributed by atoms with Gasteiger partial charge in [-0.15, -0.1) is 24.0 Å². The molecule has 2 unspecified atom stereocenters. The lowest BCUT2D eigenvalue weighted by molar-refractivity contribution is 0.0147. The van der Waals surface area contributed by atoms with E-state index in [4.69, 9.17) is 4.74 Å². The summed E-state index contributed by atoms with van der Waals surface area (Å²) in [5, 5.41) is 3.54. The number of carbonyl (C=O) groups is 1. The van der Waals surface area contributed by atoms with Gasteiger partial charge in [0.25, 0.3) is 0 Å². The van der Waals surface area contributed by atoms with Crippen molar-refractivity contribution in [2.24, 2.45) is 10.9 Å². The molecule has 0 aromatic carbocycles. The summed E-state index contributed by atoms with van der Waals surface area (Å²) in [6.07, 6.45) is 6.74. The summed E-state index contributed by atoms with van der Waals surface area (Å²) in [6.45, 7) is 14.9. The van der Waals surface area contributed by atoms with Crippen molar-refractivity contribution in [1.29, 1.82) is 0 Å². The van der Waals surface area contributed by atoms with Crippen molar-refractivity contribution in [3.05, 3.63) is 18.7 Å². The quantitative estimate of drug-likeness (QED) is 0.346. The van der Waals surface area contributed by atoms with Crippen LogP contribution in [0.1, 0.15) is 40.2 Å². The third kappa shape index (κ3) is 7.50. The molecule has 2 saturated heterocycles. The highest BCUT2D eigenvalue weighted by molar-refractivity contribution is 14.0. The molecule has 32 heavy (non-hydrogen) atoms. The van der Waals surface area contributed by atoms with Crippen molar-refractivity contribution in [3.8, 4) is 0 Å². The molecule has 2 atom stereocenters. The van der Waals surface area contributed by atoms with Crippen LogP contribution >= 0.6 is 24.0 Å². The van der Waals surface area contributed by atoms with Crippen LogP contribution in [0.25, 0.3) is 0 Å². The number of imidazole rings is 1. The van der Waals surface area contributed by atoms with Crippen LogP contribution in [-0.4, -0.2) is 101 Å². The number of hydrogen-bond donors (Lipinski definition) is 1. The third-order valence-electron chi connectivity index (χ3n) is 6.07. The number of aliphatic imine (C=N–C) groups is 1. The zero-order valence-corrected chi connectivity index (χ0v) is 22.5. The molecule has 3 heterocycles. The van der Waals surface area contributed by atoms with Gasteiger partial charge in [0, 0.05) is 71.8 Å². The van der Waals surface area contributed by atoms with Gasteiger partial charge in [-0.3, -0.25) is 9.89 Å². The molecule has 0 radical (unpaired) electrons. The van der Waals surface area contributed by atoms with Gasteiger partial charge >= 0.3 is 6.09 Å². The van der Waals surface area contributed by atoms with E-state index in [0.717, 1.165) is 51.6 Å². The molecule has 0 saturated carbocycles. The van der Waals surface area contributed by atoms with Crippen molar-refractivity contribution in [2.45, 2.75) is 45.8 Å². The highest BCUT2D eigenvalue weighted by Crippen LogP contribution is 2.27. The van der Waals surface area contributed by atoms with E-state index in [2.05, 4.69) is 42.8 Å². The number of hydrogen-bond acceptors (Lipinski definition) is 5. The van der Waals surface area contributed by atoms with Crippen LogP contribution < -0.4 is 5.32 Å². The molecule has 2 aliphatic heterocycles.